The zero-order valence-electron chi connectivity index (χ0n) is 14.9. The van der Waals surface area contributed by atoms with Crippen LogP contribution in [0.4, 0.5) is 5.69 Å². The van der Waals surface area contributed by atoms with E-state index < -0.39 is 6.04 Å². The van der Waals surface area contributed by atoms with Crippen LogP contribution in [0.25, 0.3) is 6.08 Å². The lowest BCUT2D eigenvalue weighted by atomic mass is 10.0. The Labute approximate surface area is 145 Å². The van der Waals surface area contributed by atoms with Crippen molar-refractivity contribution in [3.63, 3.8) is 0 Å². The number of anilines is 1. The summed E-state index contributed by atoms with van der Waals surface area (Å²) in [5, 5.41) is 2.85. The largest absolute Gasteiger partial charge is 0.493 e. The molecule has 1 amide bonds. The van der Waals surface area contributed by atoms with E-state index in [-0.39, 0.29) is 5.91 Å². The van der Waals surface area contributed by atoms with Crippen molar-refractivity contribution in [1.82, 2.24) is 0 Å². The molecule has 24 heavy (non-hydrogen) atoms. The number of carbonyl (C=O) groups is 1. The van der Waals surface area contributed by atoms with Gasteiger partial charge in [-0.05, 0) is 56.3 Å². The van der Waals surface area contributed by atoms with E-state index >= 15 is 0 Å². The van der Waals surface area contributed by atoms with Gasteiger partial charge in [0.1, 0.15) is 5.75 Å². The van der Waals surface area contributed by atoms with Crippen molar-refractivity contribution in [2.24, 2.45) is 17.4 Å². The van der Waals surface area contributed by atoms with E-state index in [1.54, 1.807) is 6.08 Å². The normalized spacial score (nSPS) is 12.0. The first-order valence-corrected chi connectivity index (χ1v) is 8.63. The molecule has 5 N–H and O–H groups in total. The number of benzene rings is 1. The maximum absolute atomic E-state index is 12.1. The van der Waals surface area contributed by atoms with E-state index in [9.17, 15) is 4.79 Å². The number of carbonyl (C=O) groups excluding carboxylic acids is 1. The smallest absolute Gasteiger partial charge is 0.241 e. The molecule has 0 aliphatic carbocycles. The lowest BCUT2D eigenvalue weighted by Crippen LogP contribution is -2.36. The molecule has 1 aromatic carbocycles. The second-order valence-corrected chi connectivity index (χ2v) is 6.38. The van der Waals surface area contributed by atoms with Crippen molar-refractivity contribution in [3.8, 4) is 5.75 Å². The van der Waals surface area contributed by atoms with Gasteiger partial charge in [0.2, 0.25) is 5.91 Å². The molecule has 0 saturated carbocycles. The second-order valence-electron chi connectivity index (χ2n) is 6.38. The zero-order chi connectivity index (χ0) is 17.9. The van der Waals surface area contributed by atoms with Gasteiger partial charge in [0.25, 0.3) is 0 Å². The van der Waals surface area contributed by atoms with Gasteiger partial charge in [-0.1, -0.05) is 26.5 Å². The summed E-state index contributed by atoms with van der Waals surface area (Å²) in [7, 11) is 0. The quantitative estimate of drug-likeness (QED) is 0.543. The summed E-state index contributed by atoms with van der Waals surface area (Å²) < 4.78 is 5.79. The Morgan fingerprint density at radius 1 is 1.33 bits per heavy atom. The van der Waals surface area contributed by atoms with Crippen molar-refractivity contribution in [2.75, 3.05) is 18.5 Å². The fourth-order valence-electron chi connectivity index (χ4n) is 2.37. The van der Waals surface area contributed by atoms with Crippen molar-refractivity contribution in [2.45, 2.75) is 45.6 Å². The van der Waals surface area contributed by atoms with Crippen LogP contribution in [-0.4, -0.2) is 25.1 Å². The summed E-state index contributed by atoms with van der Waals surface area (Å²) in [6.45, 7) is 9.26. The molecule has 0 aromatic heterocycles. The Kier molecular flexibility index (Phi) is 9.12. The zero-order valence-corrected chi connectivity index (χ0v) is 14.9. The Morgan fingerprint density at radius 3 is 2.71 bits per heavy atom. The van der Waals surface area contributed by atoms with E-state index in [0.717, 1.165) is 30.6 Å². The number of unbranched alkanes of at least 4 members (excludes halogenated alkanes) is 2. The number of nitrogens with one attached hydrogen (secondary N) is 1. The standard InChI is InChI=1S/C19H31N3O2/c1-4-15-13-16(22-19(23)17(21)12-14(2)3)8-9-18(15)24-11-7-5-6-10-20/h4,8-9,13-14,17H,1,5-7,10-12,20-21H2,2-3H3,(H,22,23). The third kappa shape index (κ3) is 7.15. The molecule has 5 nitrogen and oxygen atoms in total. The first kappa shape index (κ1) is 20.2. The van der Waals surface area contributed by atoms with Gasteiger partial charge in [0.15, 0.2) is 0 Å². The average molecular weight is 333 g/mol. The number of rotatable bonds is 11. The summed E-state index contributed by atoms with van der Waals surface area (Å²) >= 11 is 0. The molecule has 1 aromatic rings. The van der Waals surface area contributed by atoms with Crippen LogP contribution in [0.1, 0.15) is 45.1 Å². The highest BCUT2D eigenvalue weighted by atomic mass is 16.5. The minimum absolute atomic E-state index is 0.172. The van der Waals surface area contributed by atoms with Crippen LogP contribution >= 0.6 is 0 Å². The number of amides is 1. The molecular weight excluding hydrogens is 302 g/mol. The van der Waals surface area contributed by atoms with Crippen LogP contribution in [-0.2, 0) is 4.79 Å². The first-order chi connectivity index (χ1) is 11.5. The summed E-state index contributed by atoms with van der Waals surface area (Å²) in [4.78, 5) is 12.1. The lowest BCUT2D eigenvalue weighted by molar-refractivity contribution is -0.117. The molecule has 0 radical (unpaired) electrons. The molecule has 0 heterocycles. The third-order valence-corrected chi connectivity index (χ3v) is 3.67. The Bertz CT molecular complexity index is 529. The van der Waals surface area contributed by atoms with Gasteiger partial charge < -0.3 is 21.5 Å². The molecule has 1 atom stereocenters. The van der Waals surface area contributed by atoms with Crippen LogP contribution in [0.2, 0.25) is 0 Å². The van der Waals surface area contributed by atoms with E-state index in [2.05, 4.69) is 11.9 Å². The minimum Gasteiger partial charge on any atom is -0.493 e. The molecular formula is C19H31N3O2. The first-order valence-electron chi connectivity index (χ1n) is 8.63. The number of ether oxygens (including phenoxy) is 1. The lowest BCUT2D eigenvalue weighted by Gasteiger charge is -2.15. The topological polar surface area (TPSA) is 90.4 Å². The van der Waals surface area contributed by atoms with Gasteiger partial charge >= 0.3 is 0 Å². The molecule has 0 aliphatic heterocycles. The molecule has 0 spiro atoms. The summed E-state index contributed by atoms with van der Waals surface area (Å²) in [5.41, 5.74) is 12.9. The second kappa shape index (κ2) is 10.8. The van der Waals surface area contributed by atoms with Crippen LogP contribution in [0, 0.1) is 5.92 Å². The van der Waals surface area contributed by atoms with Gasteiger partial charge in [0, 0.05) is 11.3 Å². The number of nitrogens with two attached hydrogens (primary N) is 2. The molecule has 0 aliphatic rings. The SMILES string of the molecule is C=Cc1cc(NC(=O)C(N)CC(C)C)ccc1OCCCCCN. The predicted molar refractivity (Wildman–Crippen MR) is 101 cm³/mol. The Hall–Kier alpha value is -1.85. The van der Waals surface area contributed by atoms with Crippen molar-refractivity contribution < 1.29 is 9.53 Å². The maximum atomic E-state index is 12.1. The van der Waals surface area contributed by atoms with E-state index in [1.807, 2.05) is 32.0 Å². The van der Waals surface area contributed by atoms with Crippen molar-refractivity contribution >= 4 is 17.7 Å². The van der Waals surface area contributed by atoms with Crippen LogP contribution in [0.5, 0.6) is 5.75 Å². The molecule has 0 saturated heterocycles. The Morgan fingerprint density at radius 2 is 2.08 bits per heavy atom. The molecule has 1 rings (SSSR count). The van der Waals surface area contributed by atoms with E-state index in [4.69, 9.17) is 16.2 Å². The molecule has 1 unspecified atom stereocenters. The van der Waals surface area contributed by atoms with Gasteiger partial charge in [-0.15, -0.1) is 0 Å². The number of hydrogen-bond donors (Lipinski definition) is 3. The minimum atomic E-state index is -0.504. The van der Waals surface area contributed by atoms with Crippen molar-refractivity contribution in [3.05, 3.63) is 30.3 Å². The fraction of sp³-hybridized carbons (Fsp3) is 0.526. The highest BCUT2D eigenvalue weighted by molar-refractivity contribution is 5.95. The maximum Gasteiger partial charge on any atom is 0.241 e. The van der Waals surface area contributed by atoms with Crippen LogP contribution in [0.15, 0.2) is 24.8 Å². The third-order valence-electron chi connectivity index (χ3n) is 3.67. The van der Waals surface area contributed by atoms with E-state index in [0.29, 0.717) is 31.2 Å². The van der Waals surface area contributed by atoms with Gasteiger partial charge in [-0.3, -0.25) is 4.79 Å². The van der Waals surface area contributed by atoms with Crippen LogP contribution < -0.4 is 21.5 Å². The van der Waals surface area contributed by atoms with E-state index in [1.165, 1.54) is 0 Å². The van der Waals surface area contributed by atoms with Crippen LogP contribution in [0.3, 0.4) is 0 Å². The summed E-state index contributed by atoms with van der Waals surface area (Å²) in [5.74, 6) is 0.973. The molecule has 0 bridgehead atoms. The highest BCUT2D eigenvalue weighted by Crippen LogP contribution is 2.24. The monoisotopic (exact) mass is 333 g/mol. The van der Waals surface area contributed by atoms with Crippen molar-refractivity contribution in [1.29, 1.82) is 0 Å². The summed E-state index contributed by atoms with van der Waals surface area (Å²) in [6.07, 6.45) is 5.42. The van der Waals surface area contributed by atoms with Gasteiger partial charge in [0.05, 0.1) is 12.6 Å². The van der Waals surface area contributed by atoms with Gasteiger partial charge in [-0.25, -0.2) is 0 Å². The Balaban J connectivity index is 2.62. The fourth-order valence-corrected chi connectivity index (χ4v) is 2.37. The summed E-state index contributed by atoms with van der Waals surface area (Å²) in [6, 6.07) is 5.02. The predicted octanol–water partition coefficient (Wildman–Crippen LogP) is 3.15. The highest BCUT2D eigenvalue weighted by Gasteiger charge is 2.15. The molecule has 134 valence electrons. The molecule has 0 fully saturated rings. The number of hydrogen-bond acceptors (Lipinski definition) is 4. The molecule has 5 heteroatoms. The van der Waals surface area contributed by atoms with Gasteiger partial charge in [-0.2, -0.15) is 0 Å². The average Bonchev–Trinajstić information content (AvgIpc) is 2.54.